The number of sulfonamides is 1. The summed E-state index contributed by atoms with van der Waals surface area (Å²) >= 11 is 0. The highest BCUT2D eigenvalue weighted by molar-refractivity contribution is 7.89. The van der Waals surface area contributed by atoms with Gasteiger partial charge in [-0.2, -0.15) is 4.31 Å². The van der Waals surface area contributed by atoms with Crippen LogP contribution in [0.1, 0.15) is 25.7 Å². The van der Waals surface area contributed by atoms with Crippen LogP contribution in [0.15, 0.2) is 0 Å². The molecule has 2 heterocycles. The molecular formula is C13H25N3O4S. The Hall–Kier alpha value is -0.700. The average molecular weight is 319 g/mol. The summed E-state index contributed by atoms with van der Waals surface area (Å²) < 4.78 is 31.6. The van der Waals surface area contributed by atoms with E-state index in [0.717, 1.165) is 25.8 Å². The molecule has 7 nitrogen and oxygen atoms in total. The van der Waals surface area contributed by atoms with Crippen molar-refractivity contribution in [3.63, 3.8) is 0 Å². The zero-order chi connectivity index (χ0) is 15.3. The molecule has 2 N–H and O–H groups in total. The van der Waals surface area contributed by atoms with Crippen molar-refractivity contribution in [2.45, 2.75) is 37.8 Å². The lowest BCUT2D eigenvalue weighted by molar-refractivity contribution is -0.128. The number of piperidine rings is 1. The number of likely N-dealkylation sites (N-methyl/N-ethyl adjacent to an activating group) is 1. The Bertz CT molecular complexity index is 448. The van der Waals surface area contributed by atoms with Crippen molar-refractivity contribution in [2.75, 3.05) is 39.1 Å². The Kier molecular flexibility index (Phi) is 5.98. The maximum absolute atomic E-state index is 12.5. The summed E-state index contributed by atoms with van der Waals surface area (Å²) in [6.45, 7) is 1.68. The predicted molar refractivity (Wildman–Crippen MR) is 79.4 cm³/mol. The van der Waals surface area contributed by atoms with Gasteiger partial charge in [-0.05, 0) is 25.8 Å². The van der Waals surface area contributed by atoms with Gasteiger partial charge in [-0.15, -0.1) is 0 Å². The third-order valence-electron chi connectivity index (χ3n) is 4.12. The number of morpholine rings is 1. The van der Waals surface area contributed by atoms with E-state index in [0.29, 0.717) is 13.0 Å². The fraction of sp³-hybridized carbons (Fsp3) is 0.923. The normalized spacial score (nSPS) is 28.2. The fourth-order valence-corrected chi connectivity index (χ4v) is 4.59. The van der Waals surface area contributed by atoms with E-state index in [9.17, 15) is 13.2 Å². The lowest BCUT2D eigenvalue weighted by Crippen LogP contribution is -2.56. The number of ether oxygens (including phenoxy) is 1. The van der Waals surface area contributed by atoms with Gasteiger partial charge in [0.1, 0.15) is 6.04 Å². The zero-order valence-electron chi connectivity index (χ0n) is 12.5. The number of rotatable bonds is 5. The highest BCUT2D eigenvalue weighted by atomic mass is 32.2. The summed E-state index contributed by atoms with van der Waals surface area (Å²) in [6, 6.07) is -0.471. The van der Waals surface area contributed by atoms with E-state index in [-0.39, 0.29) is 30.9 Å². The maximum Gasteiger partial charge on any atom is 0.240 e. The van der Waals surface area contributed by atoms with Crippen molar-refractivity contribution in [3.8, 4) is 0 Å². The van der Waals surface area contributed by atoms with Crippen LogP contribution in [-0.4, -0.2) is 69.8 Å². The number of nitrogens with zero attached hydrogens (tertiary/aromatic N) is 1. The van der Waals surface area contributed by atoms with E-state index >= 15 is 0 Å². The van der Waals surface area contributed by atoms with E-state index in [4.69, 9.17) is 4.74 Å². The molecule has 21 heavy (non-hydrogen) atoms. The van der Waals surface area contributed by atoms with Gasteiger partial charge in [-0.25, -0.2) is 8.42 Å². The average Bonchev–Trinajstić information content (AvgIpc) is 2.53. The highest BCUT2D eigenvalue weighted by Crippen LogP contribution is 2.17. The topological polar surface area (TPSA) is 87.7 Å². The molecule has 2 saturated heterocycles. The molecule has 0 aromatic carbocycles. The summed E-state index contributed by atoms with van der Waals surface area (Å²) in [5.74, 6) is -0.230. The molecule has 0 aromatic rings. The summed E-state index contributed by atoms with van der Waals surface area (Å²) in [7, 11) is -1.93. The van der Waals surface area contributed by atoms with Gasteiger partial charge in [0.15, 0.2) is 0 Å². The molecule has 2 aliphatic heterocycles. The summed E-state index contributed by atoms with van der Waals surface area (Å²) in [4.78, 5) is 11.8. The van der Waals surface area contributed by atoms with E-state index in [2.05, 4.69) is 10.6 Å². The predicted octanol–water partition coefficient (Wildman–Crippen LogP) is -0.705. The first-order valence-electron chi connectivity index (χ1n) is 7.57. The fourth-order valence-electron chi connectivity index (χ4n) is 2.87. The number of amides is 1. The van der Waals surface area contributed by atoms with E-state index in [1.54, 1.807) is 0 Å². The van der Waals surface area contributed by atoms with Crippen molar-refractivity contribution < 1.29 is 17.9 Å². The van der Waals surface area contributed by atoms with Crippen LogP contribution in [0.4, 0.5) is 0 Å². The molecule has 0 saturated carbocycles. The van der Waals surface area contributed by atoms with Crippen LogP contribution in [0, 0.1) is 0 Å². The Morgan fingerprint density at radius 2 is 2.24 bits per heavy atom. The first kappa shape index (κ1) is 16.7. The quantitative estimate of drug-likeness (QED) is 0.699. The van der Waals surface area contributed by atoms with E-state index in [1.165, 1.54) is 11.4 Å². The SMILES string of the molecule is CNC(=O)C1COCCN1S(=O)(=O)CCC1CCCCN1. The second-order valence-electron chi connectivity index (χ2n) is 5.57. The standard InChI is InChI=1S/C13H25N3O4S/c1-14-13(17)12-10-20-8-7-16(12)21(18,19)9-5-11-4-2-3-6-15-11/h11-12,15H,2-10H2,1H3,(H,14,17). The third kappa shape index (κ3) is 4.38. The minimum atomic E-state index is -3.43. The van der Waals surface area contributed by atoms with Crippen molar-refractivity contribution in [1.82, 2.24) is 14.9 Å². The van der Waals surface area contributed by atoms with Crippen LogP contribution < -0.4 is 10.6 Å². The Balaban J connectivity index is 1.96. The number of hydrogen-bond donors (Lipinski definition) is 2. The van der Waals surface area contributed by atoms with Crippen LogP contribution in [0.2, 0.25) is 0 Å². The Labute approximate surface area is 126 Å². The Morgan fingerprint density at radius 1 is 1.43 bits per heavy atom. The summed E-state index contributed by atoms with van der Waals surface area (Å²) in [6.07, 6.45) is 3.93. The van der Waals surface area contributed by atoms with Gasteiger partial charge in [-0.1, -0.05) is 6.42 Å². The third-order valence-corrected chi connectivity index (χ3v) is 6.03. The smallest absolute Gasteiger partial charge is 0.240 e. The van der Waals surface area contributed by atoms with Crippen LogP contribution >= 0.6 is 0 Å². The van der Waals surface area contributed by atoms with Crippen LogP contribution in [0.5, 0.6) is 0 Å². The first-order valence-corrected chi connectivity index (χ1v) is 9.18. The first-order chi connectivity index (χ1) is 10.0. The minimum absolute atomic E-state index is 0.0815. The highest BCUT2D eigenvalue weighted by Gasteiger charge is 2.37. The van der Waals surface area contributed by atoms with Gasteiger partial charge in [0.2, 0.25) is 15.9 Å². The van der Waals surface area contributed by atoms with Gasteiger partial charge >= 0.3 is 0 Å². The van der Waals surface area contributed by atoms with Crippen molar-refractivity contribution in [2.24, 2.45) is 0 Å². The van der Waals surface area contributed by atoms with E-state index < -0.39 is 16.1 Å². The summed E-state index contributed by atoms with van der Waals surface area (Å²) in [5.41, 5.74) is 0. The molecule has 8 heteroatoms. The molecule has 0 aromatic heterocycles. The maximum atomic E-state index is 12.5. The minimum Gasteiger partial charge on any atom is -0.378 e. The molecule has 2 fully saturated rings. The lowest BCUT2D eigenvalue weighted by Gasteiger charge is -2.33. The number of carbonyl (C=O) groups excluding carboxylic acids is 1. The largest absolute Gasteiger partial charge is 0.378 e. The van der Waals surface area contributed by atoms with Gasteiger partial charge in [-0.3, -0.25) is 4.79 Å². The Morgan fingerprint density at radius 3 is 2.90 bits per heavy atom. The second kappa shape index (κ2) is 7.53. The van der Waals surface area contributed by atoms with Gasteiger partial charge in [0, 0.05) is 19.6 Å². The molecule has 1 amide bonds. The summed E-state index contributed by atoms with van der Waals surface area (Å²) in [5, 5.41) is 5.86. The van der Waals surface area contributed by atoms with Crippen LogP contribution in [-0.2, 0) is 19.6 Å². The van der Waals surface area contributed by atoms with Gasteiger partial charge < -0.3 is 15.4 Å². The molecule has 0 radical (unpaired) electrons. The molecule has 122 valence electrons. The second-order valence-corrected chi connectivity index (χ2v) is 7.61. The van der Waals surface area contributed by atoms with Crippen molar-refractivity contribution in [1.29, 1.82) is 0 Å². The zero-order valence-corrected chi connectivity index (χ0v) is 13.3. The molecule has 2 unspecified atom stereocenters. The number of nitrogens with one attached hydrogen (secondary N) is 2. The van der Waals surface area contributed by atoms with Gasteiger partial charge in [0.05, 0.1) is 19.0 Å². The number of carbonyl (C=O) groups is 1. The molecule has 0 aliphatic carbocycles. The molecule has 0 bridgehead atoms. The van der Waals surface area contributed by atoms with E-state index in [1.807, 2.05) is 0 Å². The lowest BCUT2D eigenvalue weighted by atomic mass is 10.0. The number of hydrogen-bond acceptors (Lipinski definition) is 5. The van der Waals surface area contributed by atoms with Crippen molar-refractivity contribution in [3.05, 3.63) is 0 Å². The monoisotopic (exact) mass is 319 g/mol. The molecule has 0 spiro atoms. The molecule has 2 aliphatic rings. The van der Waals surface area contributed by atoms with Gasteiger partial charge in [0.25, 0.3) is 0 Å². The van der Waals surface area contributed by atoms with Crippen molar-refractivity contribution >= 4 is 15.9 Å². The molecule has 2 atom stereocenters. The molecule has 2 rings (SSSR count). The van der Waals surface area contributed by atoms with Crippen LogP contribution in [0.25, 0.3) is 0 Å². The molecular weight excluding hydrogens is 294 g/mol. The van der Waals surface area contributed by atoms with Crippen LogP contribution in [0.3, 0.4) is 0 Å².